The Morgan fingerprint density at radius 3 is 2.50 bits per heavy atom. The largest absolute Gasteiger partial charge is 0.493 e. The molecule has 2 aromatic rings. The number of rotatable bonds is 10. The standard InChI is InChI=1S/C21H26N2O4S/c1-4-22-20(24)14-27-18-11-10-16(12-19(18)26-3)13-23-21(25)15(2)28-17-8-6-5-7-9-17/h5-12,15H,4,13-14H2,1-3H3,(H,22,24)(H,23,25). The van der Waals surface area contributed by atoms with Crippen LogP contribution in [0.25, 0.3) is 0 Å². The molecular weight excluding hydrogens is 376 g/mol. The lowest BCUT2D eigenvalue weighted by Crippen LogP contribution is -2.30. The molecule has 0 radical (unpaired) electrons. The zero-order valence-corrected chi connectivity index (χ0v) is 17.2. The zero-order valence-electron chi connectivity index (χ0n) is 16.4. The lowest BCUT2D eigenvalue weighted by atomic mass is 10.2. The normalized spacial score (nSPS) is 11.4. The van der Waals surface area contributed by atoms with Gasteiger partial charge in [-0.25, -0.2) is 0 Å². The summed E-state index contributed by atoms with van der Waals surface area (Å²) >= 11 is 1.52. The van der Waals surface area contributed by atoms with Crippen LogP contribution in [0.15, 0.2) is 53.4 Å². The Balaban J connectivity index is 1.89. The van der Waals surface area contributed by atoms with Crippen molar-refractivity contribution in [1.29, 1.82) is 0 Å². The maximum Gasteiger partial charge on any atom is 0.257 e. The van der Waals surface area contributed by atoms with Crippen molar-refractivity contribution < 1.29 is 19.1 Å². The first kappa shape index (κ1) is 21.6. The molecule has 1 atom stereocenters. The number of amides is 2. The first-order valence-corrected chi connectivity index (χ1v) is 9.97. The second-order valence-electron chi connectivity index (χ2n) is 6.02. The molecule has 2 aromatic carbocycles. The second-order valence-corrected chi connectivity index (χ2v) is 7.43. The number of hydrogen-bond donors (Lipinski definition) is 2. The summed E-state index contributed by atoms with van der Waals surface area (Å²) in [5.74, 6) is 0.773. The van der Waals surface area contributed by atoms with Crippen LogP contribution >= 0.6 is 11.8 Å². The fourth-order valence-electron chi connectivity index (χ4n) is 2.42. The van der Waals surface area contributed by atoms with Crippen LogP contribution in [0.4, 0.5) is 0 Å². The Morgan fingerprint density at radius 2 is 1.82 bits per heavy atom. The van der Waals surface area contributed by atoms with Crippen molar-refractivity contribution in [2.75, 3.05) is 20.3 Å². The highest BCUT2D eigenvalue weighted by molar-refractivity contribution is 8.00. The number of ether oxygens (including phenoxy) is 2. The first-order chi connectivity index (χ1) is 13.5. The van der Waals surface area contributed by atoms with E-state index in [1.54, 1.807) is 12.1 Å². The van der Waals surface area contributed by atoms with Gasteiger partial charge in [-0.2, -0.15) is 0 Å². The van der Waals surface area contributed by atoms with E-state index in [1.807, 2.05) is 50.2 Å². The Labute approximate surface area is 170 Å². The van der Waals surface area contributed by atoms with E-state index >= 15 is 0 Å². The molecule has 0 aliphatic rings. The summed E-state index contributed by atoms with van der Waals surface area (Å²) in [5.41, 5.74) is 0.882. The van der Waals surface area contributed by atoms with E-state index in [0.29, 0.717) is 24.6 Å². The average Bonchev–Trinajstić information content (AvgIpc) is 2.71. The van der Waals surface area contributed by atoms with Gasteiger partial charge in [-0.15, -0.1) is 11.8 Å². The average molecular weight is 403 g/mol. The van der Waals surface area contributed by atoms with Gasteiger partial charge >= 0.3 is 0 Å². The third-order valence-corrected chi connectivity index (χ3v) is 4.96. The summed E-state index contributed by atoms with van der Waals surface area (Å²) in [6.45, 7) is 4.59. The fraction of sp³-hybridized carbons (Fsp3) is 0.333. The molecule has 0 aliphatic carbocycles. The SMILES string of the molecule is CCNC(=O)COc1ccc(CNC(=O)C(C)Sc2ccccc2)cc1OC. The van der Waals surface area contributed by atoms with Crippen molar-refractivity contribution >= 4 is 23.6 Å². The second kappa shape index (κ2) is 11.2. The molecule has 2 rings (SSSR count). The highest BCUT2D eigenvalue weighted by atomic mass is 32.2. The smallest absolute Gasteiger partial charge is 0.257 e. The van der Waals surface area contributed by atoms with Crippen LogP contribution in [0.5, 0.6) is 11.5 Å². The molecule has 28 heavy (non-hydrogen) atoms. The van der Waals surface area contributed by atoms with Crippen molar-refractivity contribution in [3.05, 3.63) is 54.1 Å². The molecule has 2 N–H and O–H groups in total. The van der Waals surface area contributed by atoms with Crippen LogP contribution in [0, 0.1) is 0 Å². The van der Waals surface area contributed by atoms with Crippen LogP contribution in [-0.4, -0.2) is 37.3 Å². The molecule has 7 heteroatoms. The number of nitrogens with one attached hydrogen (secondary N) is 2. The highest BCUT2D eigenvalue weighted by Gasteiger charge is 2.14. The van der Waals surface area contributed by atoms with Gasteiger partial charge in [-0.1, -0.05) is 24.3 Å². The molecule has 0 saturated carbocycles. The summed E-state index contributed by atoms with van der Waals surface area (Å²) in [6, 6.07) is 15.2. The quantitative estimate of drug-likeness (QED) is 0.598. The predicted molar refractivity (Wildman–Crippen MR) is 111 cm³/mol. The number of likely N-dealkylation sites (N-methyl/N-ethyl adjacent to an activating group) is 1. The first-order valence-electron chi connectivity index (χ1n) is 9.09. The van der Waals surface area contributed by atoms with Crippen molar-refractivity contribution in [3.63, 3.8) is 0 Å². The van der Waals surface area contributed by atoms with Gasteiger partial charge in [0, 0.05) is 18.0 Å². The molecule has 0 saturated heterocycles. The van der Waals surface area contributed by atoms with Crippen molar-refractivity contribution in [3.8, 4) is 11.5 Å². The van der Waals surface area contributed by atoms with Gasteiger partial charge in [-0.05, 0) is 43.7 Å². The van der Waals surface area contributed by atoms with Crippen LogP contribution in [-0.2, 0) is 16.1 Å². The Hall–Kier alpha value is -2.67. The summed E-state index contributed by atoms with van der Waals surface area (Å²) < 4.78 is 10.8. The van der Waals surface area contributed by atoms with Gasteiger partial charge in [0.1, 0.15) is 0 Å². The van der Waals surface area contributed by atoms with E-state index < -0.39 is 0 Å². The van der Waals surface area contributed by atoms with Crippen LogP contribution in [0.2, 0.25) is 0 Å². The number of benzene rings is 2. The van der Waals surface area contributed by atoms with Crippen molar-refractivity contribution in [2.24, 2.45) is 0 Å². The van der Waals surface area contributed by atoms with E-state index in [2.05, 4.69) is 10.6 Å². The van der Waals surface area contributed by atoms with Crippen LogP contribution < -0.4 is 20.1 Å². The van der Waals surface area contributed by atoms with Gasteiger partial charge in [0.15, 0.2) is 18.1 Å². The summed E-state index contributed by atoms with van der Waals surface area (Å²) in [4.78, 5) is 24.9. The monoisotopic (exact) mass is 402 g/mol. The fourth-order valence-corrected chi connectivity index (χ4v) is 3.34. The third-order valence-electron chi connectivity index (χ3n) is 3.85. The highest BCUT2D eigenvalue weighted by Crippen LogP contribution is 2.28. The Bertz CT molecular complexity index is 783. The zero-order chi connectivity index (χ0) is 20.4. The minimum atomic E-state index is -0.205. The van der Waals surface area contributed by atoms with Gasteiger partial charge in [0.2, 0.25) is 5.91 Å². The topological polar surface area (TPSA) is 76.7 Å². The molecule has 0 heterocycles. The number of carbonyl (C=O) groups excluding carboxylic acids is 2. The van der Waals surface area contributed by atoms with E-state index in [4.69, 9.17) is 9.47 Å². The molecule has 0 fully saturated rings. The summed E-state index contributed by atoms with van der Waals surface area (Å²) in [5, 5.41) is 5.40. The maximum absolute atomic E-state index is 12.3. The number of methoxy groups -OCH3 is 1. The molecule has 0 aromatic heterocycles. The van der Waals surface area contributed by atoms with Gasteiger partial charge in [0.25, 0.3) is 5.91 Å². The van der Waals surface area contributed by atoms with Crippen LogP contribution in [0.1, 0.15) is 19.4 Å². The van der Waals surface area contributed by atoms with E-state index in [9.17, 15) is 9.59 Å². The number of carbonyl (C=O) groups is 2. The molecular formula is C21H26N2O4S. The molecule has 1 unspecified atom stereocenters. The predicted octanol–water partition coefficient (Wildman–Crippen LogP) is 3.01. The number of thioether (sulfide) groups is 1. The minimum absolute atomic E-state index is 0.0376. The molecule has 6 nitrogen and oxygen atoms in total. The number of hydrogen-bond acceptors (Lipinski definition) is 5. The molecule has 0 bridgehead atoms. The van der Waals surface area contributed by atoms with Crippen molar-refractivity contribution in [2.45, 2.75) is 30.5 Å². The van der Waals surface area contributed by atoms with Crippen molar-refractivity contribution in [1.82, 2.24) is 10.6 Å². The molecule has 150 valence electrons. The minimum Gasteiger partial charge on any atom is -0.493 e. The molecule has 2 amide bonds. The van der Waals surface area contributed by atoms with Crippen LogP contribution in [0.3, 0.4) is 0 Å². The Kier molecular flexibility index (Phi) is 8.68. The lowest BCUT2D eigenvalue weighted by Gasteiger charge is -2.14. The van der Waals surface area contributed by atoms with Gasteiger partial charge in [0.05, 0.1) is 12.4 Å². The van der Waals surface area contributed by atoms with E-state index in [-0.39, 0.29) is 23.7 Å². The summed E-state index contributed by atoms with van der Waals surface area (Å²) in [7, 11) is 1.54. The van der Waals surface area contributed by atoms with Gasteiger partial charge in [-0.3, -0.25) is 9.59 Å². The third kappa shape index (κ3) is 6.81. The molecule has 0 aliphatic heterocycles. The van der Waals surface area contributed by atoms with E-state index in [0.717, 1.165) is 10.5 Å². The Morgan fingerprint density at radius 1 is 1.07 bits per heavy atom. The lowest BCUT2D eigenvalue weighted by molar-refractivity contribution is -0.123. The summed E-state index contributed by atoms with van der Waals surface area (Å²) in [6.07, 6.45) is 0. The molecule has 0 spiro atoms. The van der Waals surface area contributed by atoms with E-state index in [1.165, 1.54) is 18.9 Å². The maximum atomic E-state index is 12.3. The van der Waals surface area contributed by atoms with Gasteiger partial charge < -0.3 is 20.1 Å².